The summed E-state index contributed by atoms with van der Waals surface area (Å²) in [5.41, 5.74) is 2.51. The molecule has 1 heterocycles. The lowest BCUT2D eigenvalue weighted by atomic mass is 10.0. The van der Waals surface area contributed by atoms with Crippen LogP contribution in [0, 0.1) is 6.92 Å². The average molecular weight is 280 g/mol. The first-order valence-corrected chi connectivity index (χ1v) is 7.49. The number of thiophene rings is 1. The van der Waals surface area contributed by atoms with Crippen LogP contribution in [-0.4, -0.2) is 6.54 Å². The van der Waals surface area contributed by atoms with Crippen molar-refractivity contribution in [2.24, 2.45) is 0 Å². The lowest BCUT2D eigenvalue weighted by Crippen LogP contribution is -2.22. The molecule has 1 unspecified atom stereocenters. The Labute approximate surface area is 118 Å². The third-order valence-electron chi connectivity index (χ3n) is 2.97. The van der Waals surface area contributed by atoms with Gasteiger partial charge in [0.1, 0.15) is 0 Å². The summed E-state index contributed by atoms with van der Waals surface area (Å²) in [6, 6.07) is 10.9. The second-order valence-corrected chi connectivity index (χ2v) is 5.69. The van der Waals surface area contributed by atoms with Crippen LogP contribution in [0.2, 0.25) is 5.02 Å². The SMILES string of the molecule is CCNC(Cc1ccccc1)c1scc(C)c1Cl. The van der Waals surface area contributed by atoms with E-state index in [2.05, 4.69) is 48.8 Å². The van der Waals surface area contributed by atoms with Crippen LogP contribution < -0.4 is 5.32 Å². The van der Waals surface area contributed by atoms with E-state index in [4.69, 9.17) is 11.6 Å². The van der Waals surface area contributed by atoms with E-state index < -0.39 is 0 Å². The number of aryl methyl sites for hydroxylation is 1. The maximum Gasteiger partial charge on any atom is 0.0590 e. The van der Waals surface area contributed by atoms with Gasteiger partial charge in [-0.15, -0.1) is 11.3 Å². The maximum absolute atomic E-state index is 6.38. The van der Waals surface area contributed by atoms with Crippen molar-refractivity contribution in [3.05, 3.63) is 56.7 Å². The molecule has 3 heteroatoms. The summed E-state index contributed by atoms with van der Waals surface area (Å²) < 4.78 is 0. The van der Waals surface area contributed by atoms with Gasteiger partial charge in [0, 0.05) is 10.9 Å². The Morgan fingerprint density at radius 2 is 2.00 bits per heavy atom. The predicted molar refractivity (Wildman–Crippen MR) is 80.6 cm³/mol. The Hall–Kier alpha value is -0.830. The number of nitrogens with one attached hydrogen (secondary N) is 1. The van der Waals surface area contributed by atoms with E-state index in [1.807, 2.05) is 6.07 Å². The quantitative estimate of drug-likeness (QED) is 0.843. The molecule has 0 amide bonds. The number of halogens is 1. The first-order valence-electron chi connectivity index (χ1n) is 6.23. The molecule has 1 nitrogen and oxygen atoms in total. The molecule has 0 bridgehead atoms. The summed E-state index contributed by atoms with van der Waals surface area (Å²) in [6.45, 7) is 5.14. The van der Waals surface area contributed by atoms with E-state index in [1.54, 1.807) is 11.3 Å². The minimum absolute atomic E-state index is 0.309. The van der Waals surface area contributed by atoms with E-state index in [0.717, 1.165) is 18.0 Å². The van der Waals surface area contributed by atoms with Crippen molar-refractivity contribution in [1.29, 1.82) is 0 Å². The predicted octanol–water partition coefficient (Wildman–Crippen LogP) is 4.60. The smallest absolute Gasteiger partial charge is 0.0590 e. The van der Waals surface area contributed by atoms with E-state index in [-0.39, 0.29) is 0 Å². The van der Waals surface area contributed by atoms with Gasteiger partial charge in [-0.25, -0.2) is 0 Å². The van der Waals surface area contributed by atoms with Crippen molar-refractivity contribution in [3.63, 3.8) is 0 Å². The van der Waals surface area contributed by atoms with Gasteiger partial charge in [-0.2, -0.15) is 0 Å². The molecular formula is C15H18ClNS. The fourth-order valence-corrected chi connectivity index (χ4v) is 3.44. The highest BCUT2D eigenvalue weighted by Crippen LogP contribution is 2.33. The van der Waals surface area contributed by atoms with Gasteiger partial charge >= 0.3 is 0 Å². The molecule has 1 N–H and O–H groups in total. The molecule has 0 radical (unpaired) electrons. The Morgan fingerprint density at radius 3 is 2.56 bits per heavy atom. The van der Waals surface area contributed by atoms with Gasteiger partial charge < -0.3 is 5.32 Å². The molecule has 1 aromatic carbocycles. The van der Waals surface area contributed by atoms with Crippen LogP contribution in [-0.2, 0) is 6.42 Å². The van der Waals surface area contributed by atoms with Crippen LogP contribution in [0.4, 0.5) is 0 Å². The van der Waals surface area contributed by atoms with Crippen molar-refractivity contribution in [1.82, 2.24) is 5.32 Å². The zero-order valence-corrected chi connectivity index (χ0v) is 12.3. The Kier molecular flexibility index (Phi) is 4.81. The van der Waals surface area contributed by atoms with Crippen LogP contribution in [0.5, 0.6) is 0 Å². The molecule has 0 fully saturated rings. The lowest BCUT2D eigenvalue weighted by molar-refractivity contribution is 0.558. The summed E-state index contributed by atoms with van der Waals surface area (Å²) in [4.78, 5) is 1.25. The molecule has 2 aromatic rings. The maximum atomic E-state index is 6.38. The Bertz CT molecular complexity index is 492. The Morgan fingerprint density at radius 1 is 1.28 bits per heavy atom. The molecule has 0 spiro atoms. The minimum Gasteiger partial charge on any atom is -0.309 e. The van der Waals surface area contributed by atoms with Gasteiger partial charge in [-0.1, -0.05) is 48.9 Å². The molecule has 2 rings (SSSR count). The normalized spacial score (nSPS) is 12.6. The summed E-state index contributed by atoms with van der Waals surface area (Å²) in [6.07, 6.45) is 0.981. The van der Waals surface area contributed by atoms with Gasteiger partial charge in [-0.05, 0) is 36.4 Å². The minimum atomic E-state index is 0.309. The van der Waals surface area contributed by atoms with Crippen molar-refractivity contribution in [2.45, 2.75) is 26.3 Å². The highest BCUT2D eigenvalue weighted by molar-refractivity contribution is 7.10. The molecule has 18 heavy (non-hydrogen) atoms. The van der Waals surface area contributed by atoms with Crippen molar-refractivity contribution in [3.8, 4) is 0 Å². The zero-order chi connectivity index (χ0) is 13.0. The molecule has 0 aliphatic rings. The van der Waals surface area contributed by atoms with Gasteiger partial charge in [0.15, 0.2) is 0 Å². The number of hydrogen-bond donors (Lipinski definition) is 1. The summed E-state index contributed by atoms with van der Waals surface area (Å²) in [5.74, 6) is 0. The topological polar surface area (TPSA) is 12.0 Å². The fourth-order valence-electron chi connectivity index (χ4n) is 2.04. The van der Waals surface area contributed by atoms with Gasteiger partial charge in [0.2, 0.25) is 0 Å². The molecule has 96 valence electrons. The van der Waals surface area contributed by atoms with E-state index in [9.17, 15) is 0 Å². The third kappa shape index (κ3) is 3.14. The van der Waals surface area contributed by atoms with Gasteiger partial charge in [0.05, 0.1) is 5.02 Å². The molecule has 1 atom stereocenters. The van der Waals surface area contributed by atoms with Crippen molar-refractivity contribution in [2.75, 3.05) is 6.54 Å². The van der Waals surface area contributed by atoms with Crippen molar-refractivity contribution < 1.29 is 0 Å². The summed E-state index contributed by atoms with van der Waals surface area (Å²) >= 11 is 8.12. The van der Waals surface area contributed by atoms with Crippen molar-refractivity contribution >= 4 is 22.9 Å². The monoisotopic (exact) mass is 279 g/mol. The average Bonchev–Trinajstić information content (AvgIpc) is 2.71. The second-order valence-electron chi connectivity index (χ2n) is 4.40. The summed E-state index contributed by atoms with van der Waals surface area (Å²) in [7, 11) is 0. The lowest BCUT2D eigenvalue weighted by Gasteiger charge is -2.17. The standard InChI is InChI=1S/C15H18ClNS/c1-3-17-13(9-12-7-5-4-6-8-12)15-14(16)11(2)10-18-15/h4-8,10,13,17H,3,9H2,1-2H3. The largest absolute Gasteiger partial charge is 0.309 e. The number of hydrogen-bond acceptors (Lipinski definition) is 2. The first-order chi connectivity index (χ1) is 8.72. The number of benzene rings is 1. The highest BCUT2D eigenvalue weighted by atomic mass is 35.5. The van der Waals surface area contributed by atoms with Gasteiger partial charge in [-0.3, -0.25) is 0 Å². The Balaban J connectivity index is 2.21. The molecule has 0 saturated heterocycles. The van der Waals surface area contributed by atoms with E-state index in [0.29, 0.717) is 6.04 Å². The third-order valence-corrected chi connectivity index (χ3v) is 4.80. The fraction of sp³-hybridized carbons (Fsp3) is 0.333. The summed E-state index contributed by atoms with van der Waals surface area (Å²) in [5, 5.41) is 6.58. The highest BCUT2D eigenvalue weighted by Gasteiger charge is 2.17. The molecule has 0 aliphatic heterocycles. The van der Waals surface area contributed by atoms with Crippen LogP contribution >= 0.6 is 22.9 Å². The van der Waals surface area contributed by atoms with Crippen LogP contribution in [0.3, 0.4) is 0 Å². The van der Waals surface area contributed by atoms with E-state index in [1.165, 1.54) is 16.0 Å². The van der Waals surface area contributed by atoms with Crippen LogP contribution in [0.1, 0.15) is 29.0 Å². The molecule has 1 aromatic heterocycles. The molecule has 0 saturated carbocycles. The van der Waals surface area contributed by atoms with Crippen LogP contribution in [0.15, 0.2) is 35.7 Å². The second kappa shape index (κ2) is 6.37. The number of likely N-dealkylation sites (N-methyl/N-ethyl adjacent to an activating group) is 1. The molecule has 0 aliphatic carbocycles. The van der Waals surface area contributed by atoms with E-state index >= 15 is 0 Å². The first kappa shape index (κ1) is 13.6. The number of rotatable bonds is 5. The molecular weight excluding hydrogens is 262 g/mol. The van der Waals surface area contributed by atoms with Gasteiger partial charge in [0.25, 0.3) is 0 Å². The zero-order valence-electron chi connectivity index (χ0n) is 10.7. The van der Waals surface area contributed by atoms with Crippen LogP contribution in [0.25, 0.3) is 0 Å².